The smallest absolute Gasteiger partial charge is 0.0818 e. The fraction of sp³-hybridized carbons (Fsp3) is 0.667. The third-order valence-corrected chi connectivity index (χ3v) is 5.22. The van der Waals surface area contributed by atoms with Crippen molar-refractivity contribution in [2.75, 3.05) is 0 Å². The van der Waals surface area contributed by atoms with Gasteiger partial charge in [-0.2, -0.15) is 0 Å². The molecule has 1 aromatic carbocycles. The molecule has 1 nitrogen and oxygen atoms in total. The second kappa shape index (κ2) is 5.66. The van der Waals surface area contributed by atoms with E-state index < -0.39 is 0 Å². The monoisotopic (exact) mass is 258 g/mol. The third-order valence-electron chi connectivity index (χ3n) is 5.22. The van der Waals surface area contributed by atoms with Gasteiger partial charge in [0.05, 0.1) is 6.10 Å². The molecule has 1 fully saturated rings. The fourth-order valence-electron chi connectivity index (χ4n) is 3.81. The van der Waals surface area contributed by atoms with Crippen molar-refractivity contribution >= 4 is 0 Å². The first-order valence-corrected chi connectivity index (χ1v) is 8.04. The van der Waals surface area contributed by atoms with Crippen LogP contribution in [-0.2, 0) is 12.8 Å². The maximum absolute atomic E-state index is 10.6. The van der Waals surface area contributed by atoms with E-state index in [0.717, 1.165) is 5.92 Å². The molecule has 2 aliphatic carbocycles. The van der Waals surface area contributed by atoms with Crippen LogP contribution in [0, 0.1) is 11.8 Å². The van der Waals surface area contributed by atoms with Crippen molar-refractivity contribution < 1.29 is 5.11 Å². The molecular formula is C18H26O. The van der Waals surface area contributed by atoms with Crippen molar-refractivity contribution in [3.63, 3.8) is 0 Å². The van der Waals surface area contributed by atoms with Gasteiger partial charge in [0.1, 0.15) is 0 Å². The summed E-state index contributed by atoms with van der Waals surface area (Å²) in [5, 5.41) is 10.6. The largest absolute Gasteiger partial charge is 0.388 e. The lowest BCUT2D eigenvalue weighted by Crippen LogP contribution is -2.19. The molecule has 3 rings (SSSR count). The van der Waals surface area contributed by atoms with Gasteiger partial charge in [-0.25, -0.2) is 0 Å². The summed E-state index contributed by atoms with van der Waals surface area (Å²) in [5.74, 6) is 1.34. The third kappa shape index (κ3) is 2.86. The van der Waals surface area contributed by atoms with Crippen LogP contribution in [0.1, 0.15) is 68.2 Å². The van der Waals surface area contributed by atoms with Crippen LogP contribution >= 0.6 is 0 Å². The predicted molar refractivity (Wildman–Crippen MR) is 79.2 cm³/mol. The quantitative estimate of drug-likeness (QED) is 0.832. The molecule has 2 aliphatic rings. The Hall–Kier alpha value is -0.820. The zero-order valence-electron chi connectivity index (χ0n) is 12.1. The molecule has 1 heteroatoms. The normalized spacial score (nSPS) is 28.7. The number of benzene rings is 1. The van der Waals surface area contributed by atoms with Crippen molar-refractivity contribution in [3.05, 3.63) is 34.9 Å². The Balaban J connectivity index is 1.74. The minimum absolute atomic E-state index is 0.236. The highest BCUT2D eigenvalue weighted by atomic mass is 16.3. The van der Waals surface area contributed by atoms with Crippen LogP contribution in [0.25, 0.3) is 0 Å². The SMILES string of the molecule is CC1CCC(C(O)c2ccc3c(c2)CCCC3)CC1. The zero-order valence-corrected chi connectivity index (χ0v) is 12.1. The number of fused-ring (bicyclic) bond motifs is 1. The number of hydrogen-bond acceptors (Lipinski definition) is 1. The van der Waals surface area contributed by atoms with E-state index in [9.17, 15) is 5.11 Å². The van der Waals surface area contributed by atoms with Gasteiger partial charge in [-0.3, -0.25) is 0 Å². The Kier molecular flexibility index (Phi) is 3.93. The molecule has 0 aromatic heterocycles. The average molecular weight is 258 g/mol. The lowest BCUT2D eigenvalue weighted by atomic mass is 9.78. The number of aliphatic hydroxyl groups is 1. The summed E-state index contributed by atoms with van der Waals surface area (Å²) in [5.41, 5.74) is 4.17. The summed E-state index contributed by atoms with van der Waals surface area (Å²) >= 11 is 0. The van der Waals surface area contributed by atoms with Crippen molar-refractivity contribution in [2.24, 2.45) is 11.8 Å². The van der Waals surface area contributed by atoms with Crippen LogP contribution in [0.5, 0.6) is 0 Å². The molecule has 19 heavy (non-hydrogen) atoms. The summed E-state index contributed by atoms with van der Waals surface area (Å²) in [6.07, 6.45) is 9.80. The molecule has 0 amide bonds. The first-order chi connectivity index (χ1) is 9.24. The van der Waals surface area contributed by atoms with Crippen molar-refractivity contribution in [3.8, 4) is 0 Å². The van der Waals surface area contributed by atoms with Crippen LogP contribution in [0.2, 0.25) is 0 Å². The highest BCUT2D eigenvalue weighted by molar-refractivity contribution is 5.35. The molecule has 1 atom stereocenters. The summed E-state index contributed by atoms with van der Waals surface area (Å²) in [6, 6.07) is 6.72. The maximum atomic E-state index is 10.6. The van der Waals surface area contributed by atoms with E-state index >= 15 is 0 Å². The van der Waals surface area contributed by atoms with Gasteiger partial charge in [0.2, 0.25) is 0 Å². The second-order valence-corrected chi connectivity index (χ2v) is 6.70. The second-order valence-electron chi connectivity index (χ2n) is 6.70. The molecule has 0 aliphatic heterocycles. The van der Waals surface area contributed by atoms with E-state index in [-0.39, 0.29) is 6.10 Å². The molecular weight excluding hydrogens is 232 g/mol. The van der Waals surface area contributed by atoms with Crippen LogP contribution in [0.15, 0.2) is 18.2 Å². The van der Waals surface area contributed by atoms with Gasteiger partial charge in [-0.15, -0.1) is 0 Å². The van der Waals surface area contributed by atoms with E-state index in [1.807, 2.05) is 0 Å². The van der Waals surface area contributed by atoms with Gasteiger partial charge in [-0.05, 0) is 67.1 Å². The minimum atomic E-state index is -0.236. The summed E-state index contributed by atoms with van der Waals surface area (Å²) < 4.78 is 0. The predicted octanol–water partition coefficient (Wildman–Crippen LogP) is 4.43. The Morgan fingerprint density at radius 3 is 2.42 bits per heavy atom. The zero-order chi connectivity index (χ0) is 13.2. The Morgan fingerprint density at radius 2 is 1.68 bits per heavy atom. The van der Waals surface area contributed by atoms with Crippen LogP contribution in [0.4, 0.5) is 0 Å². The number of rotatable bonds is 2. The highest BCUT2D eigenvalue weighted by Crippen LogP contribution is 2.37. The summed E-state index contributed by atoms with van der Waals surface area (Å²) in [6.45, 7) is 2.33. The van der Waals surface area contributed by atoms with Gasteiger partial charge in [0, 0.05) is 0 Å². The molecule has 104 valence electrons. The van der Waals surface area contributed by atoms with Gasteiger partial charge in [0.15, 0.2) is 0 Å². The first kappa shape index (κ1) is 13.2. The van der Waals surface area contributed by atoms with E-state index in [4.69, 9.17) is 0 Å². The fourth-order valence-corrected chi connectivity index (χ4v) is 3.81. The Bertz CT molecular complexity index is 429. The van der Waals surface area contributed by atoms with Gasteiger partial charge in [0.25, 0.3) is 0 Å². The lowest BCUT2D eigenvalue weighted by molar-refractivity contribution is 0.0755. The van der Waals surface area contributed by atoms with E-state index in [1.54, 1.807) is 0 Å². The van der Waals surface area contributed by atoms with E-state index in [0.29, 0.717) is 5.92 Å². The van der Waals surface area contributed by atoms with Crippen LogP contribution < -0.4 is 0 Å². The van der Waals surface area contributed by atoms with Crippen molar-refractivity contribution in [2.45, 2.75) is 64.4 Å². The van der Waals surface area contributed by atoms with Gasteiger partial charge < -0.3 is 5.11 Å². The summed E-state index contributed by atoms with van der Waals surface area (Å²) in [7, 11) is 0. The molecule has 1 N–H and O–H groups in total. The first-order valence-electron chi connectivity index (χ1n) is 8.04. The van der Waals surface area contributed by atoms with E-state index in [2.05, 4.69) is 25.1 Å². The number of aliphatic hydroxyl groups excluding tert-OH is 1. The summed E-state index contributed by atoms with van der Waals surface area (Å²) in [4.78, 5) is 0. The maximum Gasteiger partial charge on any atom is 0.0818 e. The van der Waals surface area contributed by atoms with Crippen molar-refractivity contribution in [1.82, 2.24) is 0 Å². The molecule has 0 spiro atoms. The lowest BCUT2D eigenvalue weighted by Gasteiger charge is -2.30. The van der Waals surface area contributed by atoms with Crippen molar-refractivity contribution in [1.29, 1.82) is 0 Å². The van der Waals surface area contributed by atoms with Gasteiger partial charge >= 0.3 is 0 Å². The number of aryl methyl sites for hydroxylation is 2. The number of hydrogen-bond donors (Lipinski definition) is 1. The molecule has 0 saturated heterocycles. The topological polar surface area (TPSA) is 20.2 Å². The molecule has 0 radical (unpaired) electrons. The average Bonchev–Trinajstić information content (AvgIpc) is 2.47. The molecule has 1 aromatic rings. The highest BCUT2D eigenvalue weighted by Gasteiger charge is 2.26. The van der Waals surface area contributed by atoms with Gasteiger partial charge in [-0.1, -0.05) is 38.0 Å². The van der Waals surface area contributed by atoms with Crippen LogP contribution in [-0.4, -0.2) is 5.11 Å². The minimum Gasteiger partial charge on any atom is -0.388 e. The Morgan fingerprint density at radius 1 is 1.00 bits per heavy atom. The Labute approximate surface area is 117 Å². The molecule has 0 bridgehead atoms. The standard InChI is InChI=1S/C18H26O/c1-13-6-8-15(9-7-13)18(19)17-11-10-14-4-2-3-5-16(14)12-17/h10-13,15,18-19H,2-9H2,1H3. The molecule has 0 heterocycles. The molecule has 1 unspecified atom stereocenters. The van der Waals surface area contributed by atoms with E-state index in [1.165, 1.54) is 68.1 Å². The van der Waals surface area contributed by atoms with Crippen LogP contribution in [0.3, 0.4) is 0 Å². The molecule has 1 saturated carbocycles.